The first kappa shape index (κ1) is 15.6. The van der Waals surface area contributed by atoms with Crippen molar-refractivity contribution in [2.45, 2.75) is 12.5 Å². The summed E-state index contributed by atoms with van der Waals surface area (Å²) in [6.45, 7) is 0.213. The summed E-state index contributed by atoms with van der Waals surface area (Å²) in [6, 6.07) is 2.66. The van der Waals surface area contributed by atoms with Gasteiger partial charge in [-0.2, -0.15) is 0 Å². The van der Waals surface area contributed by atoms with E-state index in [1.54, 1.807) is 0 Å². The zero-order valence-electron chi connectivity index (χ0n) is 10.2. The molecule has 2 N–H and O–H groups in total. The molecule has 0 heterocycles. The van der Waals surface area contributed by atoms with Crippen molar-refractivity contribution < 1.29 is 23.8 Å². The highest BCUT2D eigenvalue weighted by Crippen LogP contribution is 2.16. The minimum Gasteiger partial charge on any atom is -0.480 e. The molecule has 0 fully saturated rings. The lowest BCUT2D eigenvalue weighted by Crippen LogP contribution is -2.41. The first-order valence-corrected chi connectivity index (χ1v) is 6.22. The van der Waals surface area contributed by atoms with Crippen molar-refractivity contribution in [2.24, 2.45) is 0 Å². The molecule has 0 aromatic heterocycles. The molecule has 19 heavy (non-hydrogen) atoms. The number of carboxylic acid groups (broad SMARTS) is 1. The molecule has 0 saturated heterocycles. The number of carboxylic acids is 1. The number of carbonyl (C=O) groups excluding carboxylic acids is 1. The molecule has 1 unspecified atom stereocenters. The SMILES string of the molecule is COCCC(NC(=O)c1ccc(F)c(Br)c1)C(=O)O. The Hall–Kier alpha value is -1.47. The summed E-state index contributed by atoms with van der Waals surface area (Å²) in [5.41, 5.74) is 0.178. The summed E-state index contributed by atoms with van der Waals surface area (Å²) in [5.74, 6) is -2.22. The molecule has 0 radical (unpaired) electrons. The molecule has 0 saturated carbocycles. The highest BCUT2D eigenvalue weighted by atomic mass is 79.9. The average Bonchev–Trinajstić information content (AvgIpc) is 2.37. The summed E-state index contributed by atoms with van der Waals surface area (Å²) < 4.78 is 17.9. The lowest BCUT2D eigenvalue weighted by Gasteiger charge is -2.14. The summed E-state index contributed by atoms with van der Waals surface area (Å²) in [5, 5.41) is 11.3. The number of benzene rings is 1. The van der Waals surface area contributed by atoms with E-state index in [9.17, 15) is 14.0 Å². The molecule has 0 aliphatic rings. The Morgan fingerprint density at radius 1 is 1.53 bits per heavy atom. The van der Waals surface area contributed by atoms with Crippen LogP contribution in [0.4, 0.5) is 4.39 Å². The first-order chi connectivity index (χ1) is 8.95. The molecule has 7 heteroatoms. The highest BCUT2D eigenvalue weighted by molar-refractivity contribution is 9.10. The number of rotatable bonds is 6. The van der Waals surface area contributed by atoms with Crippen molar-refractivity contribution in [3.8, 4) is 0 Å². The van der Waals surface area contributed by atoms with Crippen LogP contribution in [0, 0.1) is 5.82 Å². The van der Waals surface area contributed by atoms with Gasteiger partial charge in [0.05, 0.1) is 4.47 Å². The lowest BCUT2D eigenvalue weighted by molar-refractivity contribution is -0.139. The predicted molar refractivity (Wildman–Crippen MR) is 69.5 cm³/mol. The van der Waals surface area contributed by atoms with Crippen LogP contribution in [0.25, 0.3) is 0 Å². The van der Waals surface area contributed by atoms with Crippen molar-refractivity contribution in [1.29, 1.82) is 0 Å². The molecule has 0 aliphatic heterocycles. The van der Waals surface area contributed by atoms with Gasteiger partial charge in [-0.15, -0.1) is 0 Å². The number of ether oxygens (including phenoxy) is 1. The molecular weight excluding hydrogens is 321 g/mol. The summed E-state index contributed by atoms with van der Waals surface area (Å²) >= 11 is 2.96. The smallest absolute Gasteiger partial charge is 0.326 e. The number of carbonyl (C=O) groups is 2. The van der Waals surface area contributed by atoms with Gasteiger partial charge in [-0.25, -0.2) is 9.18 Å². The Kier molecular flexibility index (Phi) is 5.91. The number of aliphatic carboxylic acids is 1. The number of methoxy groups -OCH3 is 1. The molecule has 5 nitrogen and oxygen atoms in total. The quantitative estimate of drug-likeness (QED) is 0.832. The van der Waals surface area contributed by atoms with E-state index in [-0.39, 0.29) is 23.1 Å². The molecule has 0 bridgehead atoms. The van der Waals surface area contributed by atoms with Crippen LogP contribution < -0.4 is 5.32 Å². The predicted octanol–water partition coefficient (Wildman–Crippen LogP) is 1.81. The zero-order chi connectivity index (χ0) is 14.4. The van der Waals surface area contributed by atoms with Gasteiger partial charge in [0.2, 0.25) is 0 Å². The third-order valence-electron chi connectivity index (χ3n) is 2.40. The molecule has 1 amide bonds. The fraction of sp³-hybridized carbons (Fsp3) is 0.333. The van der Waals surface area contributed by atoms with Gasteiger partial charge in [-0.1, -0.05) is 0 Å². The minimum atomic E-state index is -1.15. The van der Waals surface area contributed by atoms with E-state index in [4.69, 9.17) is 9.84 Å². The molecule has 1 atom stereocenters. The highest BCUT2D eigenvalue weighted by Gasteiger charge is 2.20. The minimum absolute atomic E-state index is 0.143. The fourth-order valence-corrected chi connectivity index (χ4v) is 1.75. The summed E-state index contributed by atoms with van der Waals surface area (Å²) in [6.07, 6.45) is 0.153. The zero-order valence-corrected chi connectivity index (χ0v) is 11.7. The maximum absolute atomic E-state index is 13.0. The lowest BCUT2D eigenvalue weighted by atomic mass is 10.1. The van der Waals surface area contributed by atoms with Crippen LogP contribution in [0.1, 0.15) is 16.8 Å². The van der Waals surface area contributed by atoms with Crippen LogP contribution in [0.2, 0.25) is 0 Å². The third kappa shape index (κ3) is 4.60. The second-order valence-electron chi connectivity index (χ2n) is 3.77. The van der Waals surface area contributed by atoms with Gasteiger partial charge in [0.1, 0.15) is 11.9 Å². The van der Waals surface area contributed by atoms with Crippen LogP contribution in [0.15, 0.2) is 22.7 Å². The van der Waals surface area contributed by atoms with E-state index < -0.39 is 23.7 Å². The summed E-state index contributed by atoms with van der Waals surface area (Å²) in [4.78, 5) is 22.8. The average molecular weight is 334 g/mol. The molecule has 1 rings (SSSR count). The molecule has 0 aliphatic carbocycles. The monoisotopic (exact) mass is 333 g/mol. The Morgan fingerprint density at radius 3 is 2.74 bits per heavy atom. The third-order valence-corrected chi connectivity index (χ3v) is 3.00. The van der Waals surface area contributed by atoms with Crippen LogP contribution in [-0.2, 0) is 9.53 Å². The largest absolute Gasteiger partial charge is 0.480 e. The van der Waals surface area contributed by atoms with Gasteiger partial charge in [-0.3, -0.25) is 4.79 Å². The fourth-order valence-electron chi connectivity index (χ4n) is 1.37. The maximum Gasteiger partial charge on any atom is 0.326 e. The number of amides is 1. The number of hydrogen-bond acceptors (Lipinski definition) is 3. The Balaban J connectivity index is 2.75. The Morgan fingerprint density at radius 2 is 2.21 bits per heavy atom. The van der Waals surface area contributed by atoms with E-state index >= 15 is 0 Å². The molecule has 1 aromatic carbocycles. The van der Waals surface area contributed by atoms with Crippen LogP contribution in [0.5, 0.6) is 0 Å². The number of hydrogen-bond donors (Lipinski definition) is 2. The van der Waals surface area contributed by atoms with Crippen LogP contribution in [-0.4, -0.2) is 36.7 Å². The normalized spacial score (nSPS) is 11.9. The van der Waals surface area contributed by atoms with Crippen molar-refractivity contribution in [3.63, 3.8) is 0 Å². The standard InChI is InChI=1S/C12H13BrFNO4/c1-19-5-4-10(12(17)18)15-11(16)7-2-3-9(14)8(13)6-7/h2-3,6,10H,4-5H2,1H3,(H,15,16)(H,17,18). The van der Waals surface area contributed by atoms with Crippen molar-refractivity contribution in [1.82, 2.24) is 5.32 Å². The Bertz CT molecular complexity index is 481. The second-order valence-corrected chi connectivity index (χ2v) is 4.63. The molecule has 1 aromatic rings. The van der Waals surface area contributed by atoms with Gasteiger partial charge < -0.3 is 15.2 Å². The van der Waals surface area contributed by atoms with Crippen molar-refractivity contribution >= 4 is 27.8 Å². The second kappa shape index (κ2) is 7.20. The van der Waals surface area contributed by atoms with Gasteiger partial charge in [0.25, 0.3) is 5.91 Å². The van der Waals surface area contributed by atoms with Gasteiger partial charge in [0, 0.05) is 25.7 Å². The first-order valence-electron chi connectivity index (χ1n) is 5.43. The van der Waals surface area contributed by atoms with E-state index in [1.807, 2.05) is 0 Å². The molecule has 0 spiro atoms. The topological polar surface area (TPSA) is 75.6 Å². The molecule has 104 valence electrons. The van der Waals surface area contributed by atoms with Crippen LogP contribution in [0.3, 0.4) is 0 Å². The Labute approximate surface area is 117 Å². The van der Waals surface area contributed by atoms with Crippen LogP contribution >= 0.6 is 15.9 Å². The van der Waals surface area contributed by atoms with Gasteiger partial charge in [-0.05, 0) is 34.1 Å². The van der Waals surface area contributed by atoms with E-state index in [0.29, 0.717) is 0 Å². The number of nitrogens with one attached hydrogen (secondary N) is 1. The van der Waals surface area contributed by atoms with Crippen molar-refractivity contribution in [3.05, 3.63) is 34.1 Å². The number of halogens is 2. The van der Waals surface area contributed by atoms with E-state index in [1.165, 1.54) is 19.2 Å². The van der Waals surface area contributed by atoms with Crippen molar-refractivity contribution in [2.75, 3.05) is 13.7 Å². The maximum atomic E-state index is 13.0. The molecular formula is C12H13BrFNO4. The summed E-state index contributed by atoms with van der Waals surface area (Å²) in [7, 11) is 1.44. The van der Waals surface area contributed by atoms with E-state index in [0.717, 1.165) is 6.07 Å². The van der Waals surface area contributed by atoms with Gasteiger partial charge in [0.15, 0.2) is 0 Å². The van der Waals surface area contributed by atoms with E-state index in [2.05, 4.69) is 21.2 Å². The van der Waals surface area contributed by atoms with Gasteiger partial charge >= 0.3 is 5.97 Å².